The first kappa shape index (κ1) is 29.2. The first-order valence-corrected chi connectivity index (χ1v) is 16.2. The Bertz CT molecular complexity index is 2310. The molecular weight excluding hydrogens is 586 g/mol. The van der Waals surface area contributed by atoms with Gasteiger partial charge in [0.2, 0.25) is 0 Å². The van der Waals surface area contributed by atoms with Gasteiger partial charge in [0.05, 0.1) is 5.69 Å². The lowest BCUT2D eigenvalue weighted by atomic mass is 9.95. The molecule has 1 nitrogen and oxygen atoms in total. The fraction of sp³-hybridized carbons (Fsp3) is 0. The molecule has 0 heterocycles. The van der Waals surface area contributed by atoms with Crippen LogP contribution in [0.15, 0.2) is 194 Å². The molecule has 0 fully saturated rings. The van der Waals surface area contributed by atoms with E-state index >= 15 is 4.39 Å². The molecule has 0 aliphatic rings. The van der Waals surface area contributed by atoms with Crippen molar-refractivity contribution in [2.45, 2.75) is 0 Å². The molecule has 8 aromatic rings. The van der Waals surface area contributed by atoms with Gasteiger partial charge < -0.3 is 4.90 Å². The summed E-state index contributed by atoms with van der Waals surface area (Å²) in [6, 6.07) is 65.9. The van der Waals surface area contributed by atoms with Gasteiger partial charge in [-0.2, -0.15) is 0 Å². The van der Waals surface area contributed by atoms with Gasteiger partial charge >= 0.3 is 0 Å². The van der Waals surface area contributed by atoms with Gasteiger partial charge in [-0.3, -0.25) is 0 Å². The van der Waals surface area contributed by atoms with Gasteiger partial charge in [0.25, 0.3) is 0 Å². The maximum Gasteiger partial charge on any atom is 0.148 e. The quantitative estimate of drug-likeness (QED) is 0.172. The summed E-state index contributed by atoms with van der Waals surface area (Å²) in [5.74, 6) is -0.291. The number of benzene rings is 8. The number of rotatable bonds is 7. The van der Waals surface area contributed by atoms with Gasteiger partial charge in [0.15, 0.2) is 0 Å². The maximum absolute atomic E-state index is 16.9. The van der Waals surface area contributed by atoms with Crippen molar-refractivity contribution in [2.24, 2.45) is 0 Å². The third-order valence-electron chi connectivity index (χ3n) is 8.94. The summed E-state index contributed by atoms with van der Waals surface area (Å²) in [5.41, 5.74) is 10.3. The number of hydrogen-bond acceptors (Lipinski definition) is 1. The molecule has 2 heteroatoms. The predicted molar refractivity (Wildman–Crippen MR) is 200 cm³/mol. The highest BCUT2D eigenvalue weighted by molar-refractivity contribution is 5.97. The van der Waals surface area contributed by atoms with Crippen molar-refractivity contribution in [3.05, 3.63) is 200 Å². The van der Waals surface area contributed by atoms with Crippen LogP contribution in [0.25, 0.3) is 55.3 Å². The zero-order valence-electron chi connectivity index (χ0n) is 26.3. The molecule has 8 aromatic carbocycles. The van der Waals surface area contributed by atoms with Crippen molar-refractivity contribution in [3.8, 4) is 44.5 Å². The molecule has 0 saturated heterocycles. The highest BCUT2D eigenvalue weighted by Crippen LogP contribution is 2.45. The first-order chi connectivity index (χ1) is 23.7. The van der Waals surface area contributed by atoms with Crippen molar-refractivity contribution in [1.29, 1.82) is 0 Å². The lowest BCUT2D eigenvalue weighted by Gasteiger charge is -2.29. The standard InChI is InChI=1S/C46H32FN/c47-45-32-39(34-15-6-2-7-16-34)31-44(37-17-8-3-9-18-37)46(45)48(40-27-23-35(24-28-40)33-13-4-1-5-14-33)41-29-25-38(26-30-41)43-22-12-20-36-19-10-11-21-42(36)43/h1-32H. The minimum Gasteiger partial charge on any atom is -0.307 e. The average Bonchev–Trinajstić information content (AvgIpc) is 3.17. The zero-order chi connectivity index (χ0) is 32.3. The molecule has 0 radical (unpaired) electrons. The smallest absolute Gasteiger partial charge is 0.148 e. The highest BCUT2D eigenvalue weighted by atomic mass is 19.1. The van der Waals surface area contributed by atoms with Crippen molar-refractivity contribution >= 4 is 27.8 Å². The summed E-state index contributed by atoms with van der Waals surface area (Å²) in [6.07, 6.45) is 0. The van der Waals surface area contributed by atoms with Gasteiger partial charge in [0, 0.05) is 16.9 Å². The minimum absolute atomic E-state index is 0.291. The molecule has 0 unspecified atom stereocenters. The fourth-order valence-corrected chi connectivity index (χ4v) is 6.57. The molecular formula is C46H32FN. The van der Waals surface area contributed by atoms with E-state index in [0.29, 0.717) is 5.69 Å². The van der Waals surface area contributed by atoms with Crippen LogP contribution < -0.4 is 4.90 Å². The third kappa shape index (κ3) is 5.65. The van der Waals surface area contributed by atoms with Crippen LogP contribution >= 0.6 is 0 Å². The van der Waals surface area contributed by atoms with E-state index in [9.17, 15) is 0 Å². The van der Waals surface area contributed by atoms with Crippen LogP contribution in [0.4, 0.5) is 21.5 Å². The number of hydrogen-bond donors (Lipinski definition) is 0. The number of halogens is 1. The molecule has 0 bridgehead atoms. The van der Waals surface area contributed by atoms with Crippen LogP contribution in [0.2, 0.25) is 0 Å². The Hall–Kier alpha value is -6.25. The number of anilines is 3. The van der Waals surface area contributed by atoms with Gasteiger partial charge in [-0.05, 0) is 86.1 Å². The Labute approximate surface area is 280 Å². The molecule has 0 aliphatic carbocycles. The second kappa shape index (κ2) is 12.9. The second-order valence-corrected chi connectivity index (χ2v) is 11.9. The van der Waals surface area contributed by atoms with Gasteiger partial charge in [0.1, 0.15) is 5.82 Å². The van der Waals surface area contributed by atoms with E-state index in [1.807, 2.05) is 83.8 Å². The van der Waals surface area contributed by atoms with Crippen LogP contribution in [0, 0.1) is 5.82 Å². The predicted octanol–water partition coefficient (Wildman–Crippen LogP) is 13.1. The van der Waals surface area contributed by atoms with Crippen LogP contribution in [-0.2, 0) is 0 Å². The number of nitrogens with zero attached hydrogens (tertiary/aromatic N) is 1. The monoisotopic (exact) mass is 617 g/mol. The van der Waals surface area contributed by atoms with E-state index < -0.39 is 0 Å². The Morgan fingerprint density at radius 2 is 0.792 bits per heavy atom. The molecule has 0 saturated carbocycles. The van der Waals surface area contributed by atoms with Crippen molar-refractivity contribution in [3.63, 3.8) is 0 Å². The Balaban J connectivity index is 1.31. The Morgan fingerprint density at radius 3 is 1.42 bits per heavy atom. The van der Waals surface area contributed by atoms with E-state index in [-0.39, 0.29) is 5.82 Å². The summed E-state index contributed by atoms with van der Waals surface area (Å²) < 4.78 is 16.9. The second-order valence-electron chi connectivity index (χ2n) is 11.9. The number of fused-ring (bicyclic) bond motifs is 1. The summed E-state index contributed by atoms with van der Waals surface area (Å²) in [4.78, 5) is 2.05. The molecule has 0 amide bonds. The van der Waals surface area contributed by atoms with Crippen LogP contribution in [0.3, 0.4) is 0 Å². The summed E-state index contributed by atoms with van der Waals surface area (Å²) in [6.45, 7) is 0. The molecule has 0 aromatic heterocycles. The van der Waals surface area contributed by atoms with E-state index in [2.05, 4.69) is 109 Å². The van der Waals surface area contributed by atoms with E-state index in [1.165, 1.54) is 16.3 Å². The molecule has 0 N–H and O–H groups in total. The lowest BCUT2D eigenvalue weighted by Crippen LogP contribution is -2.13. The Morgan fingerprint density at radius 1 is 0.333 bits per heavy atom. The molecule has 0 spiro atoms. The van der Waals surface area contributed by atoms with Crippen LogP contribution in [-0.4, -0.2) is 0 Å². The van der Waals surface area contributed by atoms with Crippen molar-refractivity contribution in [1.82, 2.24) is 0 Å². The van der Waals surface area contributed by atoms with E-state index in [4.69, 9.17) is 0 Å². The average molecular weight is 618 g/mol. The zero-order valence-corrected chi connectivity index (χ0v) is 26.3. The van der Waals surface area contributed by atoms with Gasteiger partial charge in [-0.25, -0.2) is 4.39 Å². The molecule has 0 atom stereocenters. The fourth-order valence-electron chi connectivity index (χ4n) is 6.57. The summed E-state index contributed by atoms with van der Waals surface area (Å²) in [5, 5.41) is 2.40. The SMILES string of the molecule is Fc1cc(-c2ccccc2)cc(-c2ccccc2)c1N(c1ccc(-c2ccccc2)cc1)c1ccc(-c2cccc3ccccc23)cc1. The minimum atomic E-state index is -0.291. The largest absolute Gasteiger partial charge is 0.307 e. The van der Waals surface area contributed by atoms with Crippen LogP contribution in [0.5, 0.6) is 0 Å². The molecule has 0 aliphatic heterocycles. The normalized spacial score (nSPS) is 11.0. The first-order valence-electron chi connectivity index (χ1n) is 16.2. The molecule has 8 rings (SSSR count). The van der Waals surface area contributed by atoms with Crippen molar-refractivity contribution in [2.75, 3.05) is 4.90 Å². The van der Waals surface area contributed by atoms with E-state index in [0.717, 1.165) is 50.3 Å². The molecule has 48 heavy (non-hydrogen) atoms. The molecule has 228 valence electrons. The van der Waals surface area contributed by atoms with Crippen LogP contribution in [0.1, 0.15) is 0 Å². The Kier molecular flexibility index (Phi) is 7.82. The maximum atomic E-state index is 16.9. The lowest BCUT2D eigenvalue weighted by molar-refractivity contribution is 0.630. The highest BCUT2D eigenvalue weighted by Gasteiger charge is 2.23. The van der Waals surface area contributed by atoms with Gasteiger partial charge in [-0.15, -0.1) is 0 Å². The van der Waals surface area contributed by atoms with Crippen molar-refractivity contribution < 1.29 is 4.39 Å². The summed E-state index contributed by atoms with van der Waals surface area (Å²) >= 11 is 0. The van der Waals surface area contributed by atoms with E-state index in [1.54, 1.807) is 6.07 Å². The summed E-state index contributed by atoms with van der Waals surface area (Å²) in [7, 11) is 0. The topological polar surface area (TPSA) is 3.24 Å². The third-order valence-corrected chi connectivity index (χ3v) is 8.94. The van der Waals surface area contributed by atoms with Gasteiger partial charge in [-0.1, -0.05) is 158 Å².